The van der Waals surface area contributed by atoms with Crippen molar-refractivity contribution in [3.05, 3.63) is 36.0 Å². The van der Waals surface area contributed by atoms with Crippen molar-refractivity contribution in [1.29, 1.82) is 0 Å². The van der Waals surface area contributed by atoms with Gasteiger partial charge < -0.3 is 0 Å². The highest BCUT2D eigenvalue weighted by Gasteiger charge is 2.34. The fourth-order valence-corrected chi connectivity index (χ4v) is 1.16. The molecule has 2 rings (SSSR count). The molecule has 2 aromatic heterocycles. The minimum Gasteiger partial charge on any atom is -0.293 e. The lowest BCUT2D eigenvalue weighted by Gasteiger charge is -2.04. The molecular formula is C8H4F4N2. The lowest BCUT2D eigenvalue weighted by molar-refractivity contribution is -0.141. The molecule has 0 amide bonds. The molecule has 0 saturated carbocycles. The van der Waals surface area contributed by atoms with Gasteiger partial charge in [0.15, 0.2) is 0 Å². The van der Waals surface area contributed by atoms with Crippen LogP contribution in [0.3, 0.4) is 0 Å². The van der Waals surface area contributed by atoms with E-state index in [1.807, 2.05) is 0 Å². The van der Waals surface area contributed by atoms with Crippen molar-refractivity contribution in [3.8, 4) is 0 Å². The van der Waals surface area contributed by atoms with Gasteiger partial charge in [0.1, 0.15) is 17.2 Å². The van der Waals surface area contributed by atoms with Crippen LogP contribution in [-0.2, 0) is 6.18 Å². The van der Waals surface area contributed by atoms with E-state index < -0.39 is 17.7 Å². The van der Waals surface area contributed by atoms with Gasteiger partial charge in [0, 0.05) is 6.20 Å². The number of pyridine rings is 1. The van der Waals surface area contributed by atoms with Gasteiger partial charge in [-0.25, -0.2) is 9.37 Å². The van der Waals surface area contributed by atoms with Gasteiger partial charge in [-0.3, -0.25) is 4.40 Å². The second-order valence-corrected chi connectivity index (χ2v) is 2.72. The smallest absolute Gasteiger partial charge is 0.293 e. The molecule has 2 heterocycles. The Balaban J connectivity index is 2.73. The number of alkyl halides is 3. The number of hydrogen-bond acceptors (Lipinski definition) is 1. The van der Waals surface area contributed by atoms with Crippen molar-refractivity contribution in [1.82, 2.24) is 9.38 Å². The fraction of sp³-hybridized carbons (Fsp3) is 0.125. The third kappa shape index (κ3) is 1.32. The topological polar surface area (TPSA) is 17.3 Å². The lowest BCUT2D eigenvalue weighted by Crippen LogP contribution is -2.08. The Labute approximate surface area is 75.8 Å². The maximum atomic E-state index is 12.7. The van der Waals surface area contributed by atoms with Gasteiger partial charge >= 0.3 is 6.18 Å². The van der Waals surface area contributed by atoms with Crippen molar-refractivity contribution in [3.63, 3.8) is 0 Å². The predicted molar refractivity (Wildman–Crippen MR) is 40.2 cm³/mol. The number of rotatable bonds is 0. The molecule has 2 aromatic rings. The van der Waals surface area contributed by atoms with E-state index in [0.29, 0.717) is 10.6 Å². The first-order chi connectivity index (χ1) is 6.48. The third-order valence-electron chi connectivity index (χ3n) is 1.76. The molecular weight excluding hydrogens is 200 g/mol. The average molecular weight is 204 g/mol. The number of nitrogens with zero attached hydrogens (tertiary/aromatic N) is 2. The zero-order valence-corrected chi connectivity index (χ0v) is 6.72. The van der Waals surface area contributed by atoms with Gasteiger partial charge in [-0.05, 0) is 12.1 Å². The summed E-state index contributed by atoms with van der Waals surface area (Å²) in [7, 11) is 0. The highest BCUT2D eigenvalue weighted by Crippen LogP contribution is 2.29. The molecule has 14 heavy (non-hydrogen) atoms. The van der Waals surface area contributed by atoms with Crippen molar-refractivity contribution in [2.45, 2.75) is 6.18 Å². The van der Waals surface area contributed by atoms with Gasteiger partial charge in [-0.2, -0.15) is 13.2 Å². The Morgan fingerprint density at radius 2 is 1.93 bits per heavy atom. The van der Waals surface area contributed by atoms with E-state index in [4.69, 9.17) is 0 Å². The predicted octanol–water partition coefficient (Wildman–Crippen LogP) is 2.49. The number of hydrogen-bond donors (Lipinski definition) is 0. The first kappa shape index (κ1) is 8.98. The van der Waals surface area contributed by atoms with E-state index in [1.165, 1.54) is 6.07 Å². The van der Waals surface area contributed by atoms with Crippen LogP contribution in [0.25, 0.3) is 5.65 Å². The summed E-state index contributed by atoms with van der Waals surface area (Å²) >= 11 is 0. The van der Waals surface area contributed by atoms with Crippen molar-refractivity contribution in [2.24, 2.45) is 0 Å². The van der Waals surface area contributed by atoms with Gasteiger partial charge in [-0.15, -0.1) is 0 Å². The second-order valence-electron chi connectivity index (χ2n) is 2.72. The summed E-state index contributed by atoms with van der Waals surface area (Å²) in [5.41, 5.74) is -0.911. The first-order valence-corrected chi connectivity index (χ1v) is 3.68. The molecule has 74 valence electrons. The van der Waals surface area contributed by atoms with Crippen LogP contribution in [0.2, 0.25) is 0 Å². The Hall–Kier alpha value is -1.59. The van der Waals surface area contributed by atoms with Crippen molar-refractivity contribution >= 4 is 5.65 Å². The van der Waals surface area contributed by atoms with Crippen molar-refractivity contribution in [2.75, 3.05) is 0 Å². The molecule has 0 radical (unpaired) electrons. The minimum atomic E-state index is -4.52. The molecule has 0 aliphatic rings. The number of imidazole rings is 1. The van der Waals surface area contributed by atoms with E-state index in [-0.39, 0.29) is 5.65 Å². The van der Waals surface area contributed by atoms with Crippen LogP contribution in [0, 0.1) is 5.82 Å². The van der Waals surface area contributed by atoms with Crippen LogP contribution in [0.1, 0.15) is 5.69 Å². The number of fused-ring (bicyclic) bond motifs is 1. The molecule has 0 atom stereocenters. The molecule has 0 bridgehead atoms. The van der Waals surface area contributed by atoms with Crippen LogP contribution in [-0.4, -0.2) is 9.38 Å². The average Bonchev–Trinajstić information content (AvgIpc) is 2.45. The van der Waals surface area contributed by atoms with E-state index in [1.54, 1.807) is 0 Å². The zero-order chi connectivity index (χ0) is 10.3. The maximum Gasteiger partial charge on any atom is 0.433 e. The summed E-state index contributed by atoms with van der Waals surface area (Å²) < 4.78 is 50.2. The Kier molecular flexibility index (Phi) is 1.73. The van der Waals surface area contributed by atoms with Gasteiger partial charge in [0.05, 0.1) is 6.20 Å². The van der Waals surface area contributed by atoms with Crippen LogP contribution in [0.4, 0.5) is 17.6 Å². The molecule has 0 N–H and O–H groups in total. The zero-order valence-electron chi connectivity index (χ0n) is 6.72. The molecule has 0 aromatic carbocycles. The normalized spacial score (nSPS) is 12.3. The largest absolute Gasteiger partial charge is 0.433 e. The van der Waals surface area contributed by atoms with Crippen molar-refractivity contribution < 1.29 is 17.6 Å². The summed E-state index contributed by atoms with van der Waals surface area (Å²) in [6.07, 6.45) is -3.09. The fourth-order valence-electron chi connectivity index (χ4n) is 1.16. The number of aromatic nitrogens is 2. The van der Waals surface area contributed by atoms with Crippen LogP contribution >= 0.6 is 0 Å². The molecule has 0 saturated heterocycles. The summed E-state index contributed by atoms with van der Waals surface area (Å²) in [6.45, 7) is 0. The van der Waals surface area contributed by atoms with Gasteiger partial charge in [-0.1, -0.05) is 0 Å². The first-order valence-electron chi connectivity index (χ1n) is 3.68. The molecule has 6 heteroatoms. The maximum absolute atomic E-state index is 12.7. The molecule has 0 fully saturated rings. The quantitative estimate of drug-likeness (QED) is 0.602. The Morgan fingerprint density at radius 1 is 1.21 bits per heavy atom. The third-order valence-corrected chi connectivity index (χ3v) is 1.76. The minimum absolute atomic E-state index is 0.0683. The molecule has 0 aliphatic carbocycles. The molecule has 2 nitrogen and oxygen atoms in total. The standard InChI is InChI=1S/C8H4F4N2/c9-5-1-2-7-13-3-6(8(10,11)12)14(7)4-5/h1-4H. The van der Waals surface area contributed by atoms with Crippen LogP contribution < -0.4 is 0 Å². The van der Waals surface area contributed by atoms with E-state index >= 15 is 0 Å². The summed E-state index contributed by atoms with van der Waals surface area (Å²) in [6, 6.07) is 2.24. The SMILES string of the molecule is Fc1ccc2ncc(C(F)(F)F)n2c1. The van der Waals surface area contributed by atoms with E-state index in [9.17, 15) is 17.6 Å². The Bertz CT molecular complexity index is 472. The van der Waals surface area contributed by atoms with E-state index in [2.05, 4.69) is 4.98 Å². The molecule has 0 aliphatic heterocycles. The van der Waals surface area contributed by atoms with Gasteiger partial charge in [0.25, 0.3) is 0 Å². The monoisotopic (exact) mass is 204 g/mol. The highest BCUT2D eigenvalue weighted by atomic mass is 19.4. The van der Waals surface area contributed by atoms with Crippen LogP contribution in [0.15, 0.2) is 24.5 Å². The highest BCUT2D eigenvalue weighted by molar-refractivity contribution is 5.40. The van der Waals surface area contributed by atoms with E-state index in [0.717, 1.165) is 12.3 Å². The second kappa shape index (κ2) is 2.70. The summed E-state index contributed by atoms with van der Waals surface area (Å²) in [5, 5.41) is 0. The summed E-state index contributed by atoms with van der Waals surface area (Å²) in [4.78, 5) is 3.50. The summed E-state index contributed by atoms with van der Waals surface area (Å²) in [5.74, 6) is -0.735. The van der Waals surface area contributed by atoms with Crippen LogP contribution in [0.5, 0.6) is 0 Å². The molecule has 0 unspecified atom stereocenters. The lowest BCUT2D eigenvalue weighted by atomic mass is 10.4. The molecule has 0 spiro atoms. The Morgan fingerprint density at radius 3 is 2.57 bits per heavy atom. The van der Waals surface area contributed by atoms with Gasteiger partial charge in [0.2, 0.25) is 0 Å². The number of halogens is 4.